The molecule has 1 nitrogen and oxygen atoms in total. The summed E-state index contributed by atoms with van der Waals surface area (Å²) in [4.78, 5) is 0. The zero-order valence-corrected chi connectivity index (χ0v) is 8.13. The topological polar surface area (TPSA) is 26.0 Å². The quantitative estimate of drug-likeness (QED) is 0.580. The molecule has 0 aliphatic heterocycles. The van der Waals surface area contributed by atoms with E-state index >= 15 is 0 Å². The van der Waals surface area contributed by atoms with Crippen LogP contribution in [-0.2, 0) is 0 Å². The predicted molar refractivity (Wildman–Crippen MR) is 56.0 cm³/mol. The van der Waals surface area contributed by atoms with Crippen LogP contribution in [-0.4, -0.2) is 6.54 Å². The highest BCUT2D eigenvalue weighted by molar-refractivity contribution is 4.88. The van der Waals surface area contributed by atoms with Crippen LogP contribution in [0.25, 0.3) is 0 Å². The normalized spacial score (nSPS) is 13.5. The first-order valence-corrected chi connectivity index (χ1v) is 4.81. The molecule has 1 heteroatoms. The summed E-state index contributed by atoms with van der Waals surface area (Å²) in [7, 11) is 0. The second-order valence-electron chi connectivity index (χ2n) is 3.08. The molecule has 0 spiro atoms. The van der Waals surface area contributed by atoms with Crippen LogP contribution in [0.15, 0.2) is 24.8 Å². The Bertz CT molecular complexity index is 123. The maximum atomic E-state index is 5.58. The van der Waals surface area contributed by atoms with E-state index in [9.17, 15) is 0 Å². The number of hydrogen-bond donors (Lipinski definition) is 1. The molecule has 0 radical (unpaired) electrons. The van der Waals surface area contributed by atoms with Crippen molar-refractivity contribution < 1.29 is 0 Å². The van der Waals surface area contributed by atoms with Crippen LogP contribution < -0.4 is 5.73 Å². The molecule has 0 amide bonds. The molecule has 0 rings (SSSR count). The van der Waals surface area contributed by atoms with Crippen molar-refractivity contribution in [1.82, 2.24) is 0 Å². The van der Waals surface area contributed by atoms with E-state index in [1.165, 1.54) is 12.8 Å². The summed E-state index contributed by atoms with van der Waals surface area (Å²) in [6.45, 7) is 6.68. The Morgan fingerprint density at radius 2 is 2.17 bits per heavy atom. The van der Waals surface area contributed by atoms with E-state index in [1.54, 1.807) is 0 Å². The minimum Gasteiger partial charge on any atom is -0.330 e. The third kappa shape index (κ3) is 6.17. The lowest BCUT2D eigenvalue weighted by molar-refractivity contribution is 0.486. The highest BCUT2D eigenvalue weighted by atomic mass is 14.5. The second-order valence-corrected chi connectivity index (χ2v) is 3.08. The second kappa shape index (κ2) is 8.54. The van der Waals surface area contributed by atoms with Gasteiger partial charge in [-0.15, -0.1) is 6.58 Å². The SMILES string of the molecule is C=CC/C=C\CCC(CC)CN. The number of rotatable bonds is 7. The molecule has 70 valence electrons. The molecule has 2 N–H and O–H groups in total. The minimum atomic E-state index is 0.707. The Labute approximate surface area is 76.3 Å². The van der Waals surface area contributed by atoms with Gasteiger partial charge in [-0.1, -0.05) is 31.6 Å². The predicted octanol–water partition coefficient (Wildman–Crippen LogP) is 2.88. The molecule has 0 heterocycles. The van der Waals surface area contributed by atoms with Gasteiger partial charge in [-0.25, -0.2) is 0 Å². The van der Waals surface area contributed by atoms with E-state index in [2.05, 4.69) is 25.7 Å². The molecule has 0 saturated heterocycles. The zero-order chi connectivity index (χ0) is 9.23. The highest BCUT2D eigenvalue weighted by Crippen LogP contribution is 2.09. The molecule has 0 aromatic rings. The summed E-state index contributed by atoms with van der Waals surface area (Å²) in [5, 5.41) is 0. The molecular formula is C11H21N. The first kappa shape index (κ1) is 11.4. The lowest BCUT2D eigenvalue weighted by atomic mass is 10.0. The Kier molecular flexibility index (Phi) is 8.14. The van der Waals surface area contributed by atoms with E-state index in [0.717, 1.165) is 19.4 Å². The van der Waals surface area contributed by atoms with Crippen LogP contribution in [0, 0.1) is 5.92 Å². The van der Waals surface area contributed by atoms with Crippen LogP contribution in [0.1, 0.15) is 32.6 Å². The third-order valence-electron chi connectivity index (χ3n) is 2.12. The van der Waals surface area contributed by atoms with Gasteiger partial charge < -0.3 is 5.73 Å². The van der Waals surface area contributed by atoms with Gasteiger partial charge in [-0.2, -0.15) is 0 Å². The van der Waals surface area contributed by atoms with E-state index in [1.807, 2.05) is 6.08 Å². The Balaban J connectivity index is 3.33. The average molecular weight is 167 g/mol. The van der Waals surface area contributed by atoms with Gasteiger partial charge in [0, 0.05) is 0 Å². The fraction of sp³-hybridized carbons (Fsp3) is 0.636. The van der Waals surface area contributed by atoms with Crippen molar-refractivity contribution in [1.29, 1.82) is 0 Å². The van der Waals surface area contributed by atoms with E-state index < -0.39 is 0 Å². The first-order chi connectivity index (χ1) is 5.85. The van der Waals surface area contributed by atoms with Crippen molar-refractivity contribution in [3.05, 3.63) is 24.8 Å². The van der Waals surface area contributed by atoms with E-state index in [-0.39, 0.29) is 0 Å². The van der Waals surface area contributed by atoms with Gasteiger partial charge in [0.05, 0.1) is 0 Å². The summed E-state index contributed by atoms with van der Waals surface area (Å²) in [5.41, 5.74) is 5.58. The van der Waals surface area contributed by atoms with Gasteiger partial charge in [-0.05, 0) is 31.7 Å². The lowest BCUT2D eigenvalue weighted by Crippen LogP contribution is -2.12. The van der Waals surface area contributed by atoms with Crippen molar-refractivity contribution in [3.8, 4) is 0 Å². The minimum absolute atomic E-state index is 0.707. The van der Waals surface area contributed by atoms with Gasteiger partial charge in [0.2, 0.25) is 0 Å². The van der Waals surface area contributed by atoms with Gasteiger partial charge in [0.15, 0.2) is 0 Å². The number of nitrogens with two attached hydrogens (primary N) is 1. The van der Waals surface area contributed by atoms with Crippen LogP contribution in [0.4, 0.5) is 0 Å². The summed E-state index contributed by atoms with van der Waals surface area (Å²) in [5.74, 6) is 0.707. The Morgan fingerprint density at radius 3 is 2.67 bits per heavy atom. The number of hydrogen-bond acceptors (Lipinski definition) is 1. The molecule has 1 atom stereocenters. The molecule has 0 saturated carbocycles. The van der Waals surface area contributed by atoms with Crippen molar-refractivity contribution in [3.63, 3.8) is 0 Å². The molecule has 0 aliphatic carbocycles. The van der Waals surface area contributed by atoms with Crippen LogP contribution in [0.3, 0.4) is 0 Å². The molecule has 0 aliphatic rings. The molecule has 12 heavy (non-hydrogen) atoms. The molecular weight excluding hydrogens is 146 g/mol. The fourth-order valence-electron chi connectivity index (χ4n) is 1.13. The maximum Gasteiger partial charge on any atom is -0.00489 e. The fourth-order valence-corrected chi connectivity index (χ4v) is 1.13. The van der Waals surface area contributed by atoms with Crippen molar-refractivity contribution in [2.45, 2.75) is 32.6 Å². The first-order valence-electron chi connectivity index (χ1n) is 4.81. The van der Waals surface area contributed by atoms with Gasteiger partial charge in [0.25, 0.3) is 0 Å². The van der Waals surface area contributed by atoms with Crippen molar-refractivity contribution in [2.24, 2.45) is 11.7 Å². The Morgan fingerprint density at radius 1 is 1.42 bits per heavy atom. The Hall–Kier alpha value is -0.560. The average Bonchev–Trinajstić information content (AvgIpc) is 2.11. The third-order valence-corrected chi connectivity index (χ3v) is 2.12. The summed E-state index contributed by atoms with van der Waals surface area (Å²) in [6, 6.07) is 0. The van der Waals surface area contributed by atoms with Crippen molar-refractivity contribution in [2.75, 3.05) is 6.54 Å². The van der Waals surface area contributed by atoms with E-state index in [0.29, 0.717) is 5.92 Å². The van der Waals surface area contributed by atoms with Crippen LogP contribution in [0.2, 0.25) is 0 Å². The molecule has 0 aromatic carbocycles. The molecule has 0 bridgehead atoms. The molecule has 0 fully saturated rings. The monoisotopic (exact) mass is 167 g/mol. The van der Waals surface area contributed by atoms with Crippen LogP contribution >= 0.6 is 0 Å². The smallest absolute Gasteiger partial charge is 0.00489 e. The summed E-state index contributed by atoms with van der Waals surface area (Å²) >= 11 is 0. The number of allylic oxidation sites excluding steroid dienone is 3. The van der Waals surface area contributed by atoms with Crippen molar-refractivity contribution >= 4 is 0 Å². The largest absolute Gasteiger partial charge is 0.330 e. The van der Waals surface area contributed by atoms with Gasteiger partial charge in [0.1, 0.15) is 0 Å². The summed E-state index contributed by atoms with van der Waals surface area (Å²) in [6.07, 6.45) is 10.9. The van der Waals surface area contributed by atoms with Gasteiger partial charge >= 0.3 is 0 Å². The highest BCUT2D eigenvalue weighted by Gasteiger charge is 2.00. The van der Waals surface area contributed by atoms with E-state index in [4.69, 9.17) is 5.73 Å². The zero-order valence-electron chi connectivity index (χ0n) is 8.13. The standard InChI is InChI=1S/C11H21N/c1-3-5-6-7-8-9-11(4-2)10-12/h3,6-7,11H,1,4-5,8-10,12H2,2H3/b7-6-. The molecule has 1 unspecified atom stereocenters. The van der Waals surface area contributed by atoms with Gasteiger partial charge in [-0.3, -0.25) is 0 Å². The maximum absolute atomic E-state index is 5.58. The summed E-state index contributed by atoms with van der Waals surface area (Å²) < 4.78 is 0. The van der Waals surface area contributed by atoms with Crippen LogP contribution in [0.5, 0.6) is 0 Å². The molecule has 0 aromatic heterocycles. The lowest BCUT2D eigenvalue weighted by Gasteiger charge is -2.08.